The van der Waals surface area contributed by atoms with Crippen molar-refractivity contribution in [2.45, 2.75) is 0 Å². The summed E-state index contributed by atoms with van der Waals surface area (Å²) in [7, 11) is 2.00. The molecule has 2 aliphatic rings. The van der Waals surface area contributed by atoms with Crippen LogP contribution in [0.5, 0.6) is 11.5 Å². The van der Waals surface area contributed by atoms with Gasteiger partial charge in [0, 0.05) is 32.4 Å². The normalized spacial score (nSPS) is 16.6. The maximum absolute atomic E-state index is 14.9. The third-order valence-corrected chi connectivity index (χ3v) is 4.59. The Balaban J connectivity index is 1.93. The Bertz CT molecular complexity index is 992. The minimum atomic E-state index is -1.61. The number of halogens is 1. The van der Waals surface area contributed by atoms with Crippen LogP contribution in [0.25, 0.3) is 17.1 Å². The van der Waals surface area contributed by atoms with Gasteiger partial charge in [-0.2, -0.15) is 0 Å². The van der Waals surface area contributed by atoms with Crippen molar-refractivity contribution in [1.82, 2.24) is 9.47 Å². The highest BCUT2D eigenvalue weighted by Crippen LogP contribution is 2.40. The zero-order valence-corrected chi connectivity index (χ0v) is 13.9. The van der Waals surface area contributed by atoms with Crippen LogP contribution in [0.3, 0.4) is 0 Å². The molecule has 4 rings (SSSR count). The van der Waals surface area contributed by atoms with Gasteiger partial charge in [0.1, 0.15) is 17.5 Å². The molecule has 136 valence electrons. The van der Waals surface area contributed by atoms with Crippen LogP contribution in [0.4, 0.5) is 14.9 Å². The lowest BCUT2D eigenvalue weighted by molar-refractivity contribution is 0.144. The first-order chi connectivity index (χ1) is 12.5. The lowest BCUT2D eigenvalue weighted by atomic mass is 10.1. The van der Waals surface area contributed by atoms with Gasteiger partial charge in [0.2, 0.25) is 5.43 Å². The van der Waals surface area contributed by atoms with E-state index < -0.39 is 23.2 Å². The van der Waals surface area contributed by atoms with Crippen molar-refractivity contribution >= 4 is 28.9 Å². The van der Waals surface area contributed by atoms with Crippen molar-refractivity contribution in [2.75, 3.05) is 38.1 Å². The Kier molecular flexibility index (Phi) is 3.80. The molecule has 3 heterocycles. The number of piperazine rings is 1. The first kappa shape index (κ1) is 16.4. The summed E-state index contributed by atoms with van der Waals surface area (Å²) in [5.41, 5.74) is -0.0248. The second kappa shape index (κ2) is 6.03. The second-order valence-electron chi connectivity index (χ2n) is 6.22. The Labute approximate surface area is 147 Å². The SMILES string of the molecule is CN1CCN(c2c(F)cc3c(=O)c(OC(=O)O)cn4c3c2OC=C4)CC1. The van der Waals surface area contributed by atoms with Crippen molar-refractivity contribution in [3.63, 3.8) is 0 Å². The van der Waals surface area contributed by atoms with Gasteiger partial charge in [-0.25, -0.2) is 9.18 Å². The minimum absolute atomic E-state index is 0.00141. The summed E-state index contributed by atoms with van der Waals surface area (Å²) in [6.07, 6.45) is 2.51. The van der Waals surface area contributed by atoms with E-state index in [-0.39, 0.29) is 11.1 Å². The Hall–Kier alpha value is -3.07. The lowest BCUT2D eigenvalue weighted by Gasteiger charge is -2.35. The quantitative estimate of drug-likeness (QED) is 0.816. The van der Waals surface area contributed by atoms with E-state index in [1.165, 1.54) is 23.2 Å². The molecule has 0 aliphatic carbocycles. The number of hydrogen-bond donors (Lipinski definition) is 1. The van der Waals surface area contributed by atoms with E-state index in [2.05, 4.69) is 9.64 Å². The first-order valence-electron chi connectivity index (χ1n) is 8.04. The molecule has 1 saturated heterocycles. The molecule has 0 bridgehead atoms. The molecule has 1 N–H and O–H groups in total. The zero-order valence-electron chi connectivity index (χ0n) is 13.9. The highest BCUT2D eigenvalue weighted by Gasteiger charge is 2.27. The summed E-state index contributed by atoms with van der Waals surface area (Å²) >= 11 is 0. The van der Waals surface area contributed by atoms with E-state index in [0.29, 0.717) is 24.3 Å². The molecule has 0 radical (unpaired) electrons. The van der Waals surface area contributed by atoms with Crippen LogP contribution in [0.15, 0.2) is 23.3 Å². The van der Waals surface area contributed by atoms with Crippen LogP contribution in [0.2, 0.25) is 0 Å². The monoisotopic (exact) mass is 361 g/mol. The number of benzene rings is 1. The molecule has 0 spiro atoms. The fourth-order valence-corrected chi connectivity index (χ4v) is 3.30. The number of hydrogen-bond acceptors (Lipinski definition) is 6. The van der Waals surface area contributed by atoms with E-state index in [1.807, 2.05) is 11.9 Å². The van der Waals surface area contributed by atoms with E-state index in [0.717, 1.165) is 19.2 Å². The number of likely N-dealkylation sites (N-methyl/N-ethyl adjacent to an activating group) is 1. The predicted octanol–water partition coefficient (Wildman–Crippen LogP) is 1.77. The standard InChI is InChI=1S/C17H16FN3O5/c1-19-2-4-20(5-3-19)14-11(18)8-10-13-16(14)25-7-6-21(13)9-12(15(10)22)26-17(23)24/h6-9H,2-5H2,1H3,(H,23,24). The third-order valence-electron chi connectivity index (χ3n) is 4.59. The number of pyridine rings is 1. The van der Waals surface area contributed by atoms with Gasteiger partial charge in [0.05, 0.1) is 11.6 Å². The van der Waals surface area contributed by atoms with Crippen molar-refractivity contribution in [3.05, 3.63) is 34.6 Å². The van der Waals surface area contributed by atoms with Gasteiger partial charge in [0.25, 0.3) is 0 Å². The van der Waals surface area contributed by atoms with Gasteiger partial charge in [-0.3, -0.25) is 4.79 Å². The predicted molar refractivity (Wildman–Crippen MR) is 92.5 cm³/mol. The fourth-order valence-electron chi connectivity index (χ4n) is 3.30. The molecule has 1 aromatic heterocycles. The number of nitrogens with zero attached hydrogens (tertiary/aromatic N) is 3. The van der Waals surface area contributed by atoms with Crippen molar-refractivity contribution in [3.8, 4) is 11.5 Å². The van der Waals surface area contributed by atoms with Crippen molar-refractivity contribution in [1.29, 1.82) is 0 Å². The zero-order chi connectivity index (χ0) is 18.4. The van der Waals surface area contributed by atoms with Gasteiger partial charge in [-0.15, -0.1) is 0 Å². The van der Waals surface area contributed by atoms with Gasteiger partial charge in [-0.1, -0.05) is 0 Å². The van der Waals surface area contributed by atoms with E-state index >= 15 is 0 Å². The Morgan fingerprint density at radius 3 is 2.73 bits per heavy atom. The molecule has 9 heteroatoms. The second-order valence-corrected chi connectivity index (χ2v) is 6.22. The molecule has 2 aliphatic heterocycles. The molecule has 2 aromatic rings. The topological polar surface area (TPSA) is 84.2 Å². The number of rotatable bonds is 2. The Morgan fingerprint density at radius 2 is 2.04 bits per heavy atom. The van der Waals surface area contributed by atoms with Crippen LogP contribution in [-0.4, -0.2) is 54.0 Å². The summed E-state index contributed by atoms with van der Waals surface area (Å²) in [4.78, 5) is 27.4. The Morgan fingerprint density at radius 1 is 1.31 bits per heavy atom. The number of carboxylic acid groups (broad SMARTS) is 1. The highest BCUT2D eigenvalue weighted by atomic mass is 19.1. The fraction of sp³-hybridized carbons (Fsp3) is 0.294. The molecular formula is C17H16FN3O5. The van der Waals surface area contributed by atoms with Crippen LogP contribution in [0, 0.1) is 5.82 Å². The summed E-state index contributed by atoms with van der Waals surface area (Å²) < 4.78 is 26.5. The first-order valence-corrected chi connectivity index (χ1v) is 8.04. The summed E-state index contributed by atoms with van der Waals surface area (Å²) in [5.74, 6) is -0.747. The average Bonchev–Trinajstić information content (AvgIpc) is 2.60. The van der Waals surface area contributed by atoms with Gasteiger partial charge in [0.15, 0.2) is 17.3 Å². The summed E-state index contributed by atoms with van der Waals surface area (Å²) in [6.45, 7) is 2.82. The minimum Gasteiger partial charge on any atom is -0.459 e. The van der Waals surface area contributed by atoms with Crippen LogP contribution < -0.4 is 19.8 Å². The molecule has 1 aromatic carbocycles. The van der Waals surface area contributed by atoms with Crippen LogP contribution in [-0.2, 0) is 0 Å². The largest absolute Gasteiger partial charge is 0.511 e. The number of aromatic nitrogens is 1. The number of carbonyl (C=O) groups is 1. The number of ether oxygens (including phenoxy) is 2. The van der Waals surface area contributed by atoms with Crippen LogP contribution >= 0.6 is 0 Å². The van der Waals surface area contributed by atoms with E-state index in [1.54, 1.807) is 0 Å². The molecule has 8 nitrogen and oxygen atoms in total. The van der Waals surface area contributed by atoms with Gasteiger partial charge >= 0.3 is 6.16 Å². The maximum Gasteiger partial charge on any atom is 0.511 e. The van der Waals surface area contributed by atoms with Crippen molar-refractivity contribution in [2.24, 2.45) is 0 Å². The van der Waals surface area contributed by atoms with Gasteiger partial charge in [-0.05, 0) is 13.1 Å². The molecule has 1 fully saturated rings. The van der Waals surface area contributed by atoms with E-state index in [4.69, 9.17) is 9.84 Å². The highest BCUT2D eigenvalue weighted by molar-refractivity contribution is 5.94. The molecular weight excluding hydrogens is 345 g/mol. The molecule has 0 saturated carbocycles. The number of anilines is 1. The van der Waals surface area contributed by atoms with Crippen LogP contribution in [0.1, 0.15) is 0 Å². The lowest BCUT2D eigenvalue weighted by Crippen LogP contribution is -2.45. The maximum atomic E-state index is 14.9. The van der Waals surface area contributed by atoms with Crippen molar-refractivity contribution < 1.29 is 23.8 Å². The summed E-state index contributed by atoms with van der Waals surface area (Å²) in [6, 6.07) is 1.11. The smallest absolute Gasteiger partial charge is 0.459 e. The van der Waals surface area contributed by atoms with Gasteiger partial charge < -0.3 is 28.9 Å². The summed E-state index contributed by atoms with van der Waals surface area (Å²) in [5, 5.41) is 8.79. The third kappa shape index (κ3) is 2.57. The molecule has 0 amide bonds. The molecule has 26 heavy (non-hydrogen) atoms. The average molecular weight is 361 g/mol. The van der Waals surface area contributed by atoms with E-state index in [9.17, 15) is 14.0 Å². The molecule has 0 atom stereocenters. The molecule has 0 unspecified atom stereocenters.